The molecule has 1 aromatic carbocycles. The second kappa shape index (κ2) is 5.01. The van der Waals surface area contributed by atoms with Crippen LogP contribution in [0.2, 0.25) is 0 Å². The summed E-state index contributed by atoms with van der Waals surface area (Å²) in [4.78, 5) is 14.1. The van der Waals surface area contributed by atoms with E-state index in [9.17, 15) is 4.79 Å². The second-order valence-corrected chi connectivity index (χ2v) is 4.53. The quantitative estimate of drug-likeness (QED) is 0.815. The van der Waals surface area contributed by atoms with Gasteiger partial charge in [-0.1, -0.05) is 0 Å². The van der Waals surface area contributed by atoms with Crippen LogP contribution in [-0.2, 0) is 7.05 Å². The molecule has 1 heterocycles. The summed E-state index contributed by atoms with van der Waals surface area (Å²) in [5.41, 5.74) is 8.31. The molecule has 0 aliphatic rings. The Hall–Kier alpha value is -2.50. The fraction of sp³-hybridized carbons (Fsp3) is 0.231. The van der Waals surface area contributed by atoms with Gasteiger partial charge in [0.2, 0.25) is 0 Å². The normalized spacial score (nSPS) is 10.3. The molecule has 0 radical (unpaired) electrons. The lowest BCUT2D eigenvalue weighted by molar-refractivity contribution is 0.102. The van der Waals surface area contributed by atoms with Crippen LogP contribution in [0.4, 0.5) is 17.1 Å². The standard InChI is InChI=1S/C13H17N5O/c1-17(2)12-5-4-9(14)6-11(12)13(19)16-10-7-15-18(3)8-10/h4-8H,14H2,1-3H3,(H,16,19). The first kappa shape index (κ1) is 12.9. The number of carbonyl (C=O) groups excluding carboxylic acids is 1. The Morgan fingerprint density at radius 3 is 2.74 bits per heavy atom. The SMILES string of the molecule is CN(C)c1ccc(N)cc1C(=O)Nc1cnn(C)c1. The number of hydrogen-bond acceptors (Lipinski definition) is 4. The Morgan fingerprint density at radius 2 is 2.16 bits per heavy atom. The zero-order valence-electron chi connectivity index (χ0n) is 11.2. The van der Waals surface area contributed by atoms with Crippen molar-refractivity contribution in [2.24, 2.45) is 7.05 Å². The second-order valence-electron chi connectivity index (χ2n) is 4.53. The molecule has 19 heavy (non-hydrogen) atoms. The molecule has 6 heteroatoms. The van der Waals surface area contributed by atoms with Crippen LogP contribution >= 0.6 is 0 Å². The number of aromatic nitrogens is 2. The van der Waals surface area contributed by atoms with E-state index in [-0.39, 0.29) is 5.91 Å². The first-order valence-electron chi connectivity index (χ1n) is 5.84. The van der Waals surface area contributed by atoms with Crippen molar-refractivity contribution in [1.29, 1.82) is 0 Å². The Balaban J connectivity index is 2.30. The van der Waals surface area contributed by atoms with E-state index >= 15 is 0 Å². The molecule has 100 valence electrons. The number of carbonyl (C=O) groups is 1. The van der Waals surface area contributed by atoms with Crippen molar-refractivity contribution in [2.45, 2.75) is 0 Å². The smallest absolute Gasteiger partial charge is 0.257 e. The third-order valence-electron chi connectivity index (χ3n) is 2.71. The van der Waals surface area contributed by atoms with Crippen molar-refractivity contribution in [3.8, 4) is 0 Å². The van der Waals surface area contributed by atoms with E-state index in [0.717, 1.165) is 5.69 Å². The summed E-state index contributed by atoms with van der Waals surface area (Å²) in [6.07, 6.45) is 3.33. The maximum atomic E-state index is 12.3. The average molecular weight is 259 g/mol. The predicted molar refractivity (Wildman–Crippen MR) is 76.3 cm³/mol. The molecule has 0 unspecified atom stereocenters. The molecule has 0 aliphatic carbocycles. The number of nitrogens with one attached hydrogen (secondary N) is 1. The number of hydrogen-bond donors (Lipinski definition) is 2. The molecular weight excluding hydrogens is 242 g/mol. The highest BCUT2D eigenvalue weighted by Crippen LogP contribution is 2.22. The van der Waals surface area contributed by atoms with Gasteiger partial charge in [-0.05, 0) is 18.2 Å². The molecule has 3 N–H and O–H groups in total. The van der Waals surface area contributed by atoms with Gasteiger partial charge < -0.3 is 16.0 Å². The number of benzene rings is 1. The van der Waals surface area contributed by atoms with Crippen molar-refractivity contribution in [2.75, 3.05) is 30.0 Å². The molecule has 0 bridgehead atoms. The van der Waals surface area contributed by atoms with Crippen molar-refractivity contribution in [3.05, 3.63) is 36.2 Å². The van der Waals surface area contributed by atoms with Gasteiger partial charge in [0.05, 0.1) is 17.4 Å². The minimum absolute atomic E-state index is 0.205. The molecule has 0 aliphatic heterocycles. The Kier molecular flexibility index (Phi) is 3.41. The van der Waals surface area contributed by atoms with E-state index in [1.54, 1.807) is 36.3 Å². The highest BCUT2D eigenvalue weighted by atomic mass is 16.1. The van der Waals surface area contributed by atoms with Crippen LogP contribution in [0.1, 0.15) is 10.4 Å². The number of aryl methyl sites for hydroxylation is 1. The van der Waals surface area contributed by atoms with E-state index in [0.29, 0.717) is 16.9 Å². The Morgan fingerprint density at radius 1 is 1.42 bits per heavy atom. The van der Waals surface area contributed by atoms with E-state index in [2.05, 4.69) is 10.4 Å². The van der Waals surface area contributed by atoms with E-state index in [1.807, 2.05) is 25.1 Å². The minimum atomic E-state index is -0.205. The highest BCUT2D eigenvalue weighted by Gasteiger charge is 2.14. The molecule has 6 nitrogen and oxygen atoms in total. The fourth-order valence-corrected chi connectivity index (χ4v) is 1.81. The van der Waals surface area contributed by atoms with Gasteiger partial charge in [-0.2, -0.15) is 5.10 Å². The lowest BCUT2D eigenvalue weighted by atomic mass is 10.1. The van der Waals surface area contributed by atoms with Crippen LogP contribution in [-0.4, -0.2) is 29.8 Å². The topological polar surface area (TPSA) is 76.2 Å². The third kappa shape index (κ3) is 2.85. The van der Waals surface area contributed by atoms with Gasteiger partial charge in [-0.15, -0.1) is 0 Å². The monoisotopic (exact) mass is 259 g/mol. The predicted octanol–water partition coefficient (Wildman–Crippen LogP) is 1.32. The molecule has 0 spiro atoms. The maximum Gasteiger partial charge on any atom is 0.257 e. The summed E-state index contributed by atoms with van der Waals surface area (Å²) in [6.45, 7) is 0. The van der Waals surface area contributed by atoms with Gasteiger partial charge in [0, 0.05) is 38.7 Å². The van der Waals surface area contributed by atoms with Crippen LogP contribution in [0, 0.1) is 0 Å². The molecule has 2 rings (SSSR count). The van der Waals surface area contributed by atoms with Gasteiger partial charge in [0.15, 0.2) is 0 Å². The number of amides is 1. The van der Waals surface area contributed by atoms with E-state index < -0.39 is 0 Å². The third-order valence-corrected chi connectivity index (χ3v) is 2.71. The molecule has 1 aromatic heterocycles. The molecular formula is C13H17N5O. The summed E-state index contributed by atoms with van der Waals surface area (Å²) in [7, 11) is 5.56. The summed E-state index contributed by atoms with van der Waals surface area (Å²) in [5.74, 6) is -0.205. The Labute approximate surface area is 111 Å². The number of nitrogen functional groups attached to an aromatic ring is 1. The van der Waals surface area contributed by atoms with E-state index in [4.69, 9.17) is 5.73 Å². The number of anilines is 3. The van der Waals surface area contributed by atoms with Crippen LogP contribution in [0.3, 0.4) is 0 Å². The lowest BCUT2D eigenvalue weighted by Crippen LogP contribution is -2.18. The first-order chi connectivity index (χ1) is 8.97. The zero-order chi connectivity index (χ0) is 14.0. The molecule has 1 amide bonds. The maximum absolute atomic E-state index is 12.3. The van der Waals surface area contributed by atoms with Gasteiger partial charge >= 0.3 is 0 Å². The van der Waals surface area contributed by atoms with Crippen LogP contribution in [0.25, 0.3) is 0 Å². The Bertz CT molecular complexity index is 603. The first-order valence-corrected chi connectivity index (χ1v) is 5.84. The number of nitrogens with zero attached hydrogens (tertiary/aromatic N) is 3. The number of rotatable bonds is 3. The fourth-order valence-electron chi connectivity index (χ4n) is 1.81. The van der Waals surface area contributed by atoms with Crippen LogP contribution in [0.5, 0.6) is 0 Å². The summed E-state index contributed by atoms with van der Waals surface area (Å²) < 4.78 is 1.63. The van der Waals surface area contributed by atoms with Gasteiger partial charge in [-0.25, -0.2) is 0 Å². The largest absolute Gasteiger partial charge is 0.399 e. The molecule has 0 saturated heterocycles. The highest BCUT2D eigenvalue weighted by molar-refractivity contribution is 6.08. The average Bonchev–Trinajstić information content (AvgIpc) is 2.74. The van der Waals surface area contributed by atoms with Gasteiger partial charge in [0.1, 0.15) is 0 Å². The van der Waals surface area contributed by atoms with Crippen molar-refractivity contribution < 1.29 is 4.79 Å². The summed E-state index contributed by atoms with van der Waals surface area (Å²) in [5, 5.41) is 6.80. The van der Waals surface area contributed by atoms with Crippen molar-refractivity contribution >= 4 is 23.0 Å². The summed E-state index contributed by atoms with van der Waals surface area (Å²) in [6, 6.07) is 5.27. The minimum Gasteiger partial charge on any atom is -0.399 e. The molecule has 2 aromatic rings. The zero-order valence-corrected chi connectivity index (χ0v) is 11.2. The van der Waals surface area contributed by atoms with E-state index in [1.165, 1.54) is 0 Å². The lowest BCUT2D eigenvalue weighted by Gasteiger charge is -2.17. The molecule has 0 atom stereocenters. The van der Waals surface area contributed by atoms with Crippen LogP contribution < -0.4 is 16.0 Å². The van der Waals surface area contributed by atoms with Crippen molar-refractivity contribution in [3.63, 3.8) is 0 Å². The molecule has 0 saturated carbocycles. The number of nitrogens with two attached hydrogens (primary N) is 1. The van der Waals surface area contributed by atoms with Gasteiger partial charge in [0.25, 0.3) is 5.91 Å². The van der Waals surface area contributed by atoms with Crippen LogP contribution in [0.15, 0.2) is 30.6 Å². The van der Waals surface area contributed by atoms with Crippen molar-refractivity contribution in [1.82, 2.24) is 9.78 Å². The van der Waals surface area contributed by atoms with Gasteiger partial charge in [-0.3, -0.25) is 9.48 Å². The molecule has 0 fully saturated rings. The summed E-state index contributed by atoms with van der Waals surface area (Å²) >= 11 is 0.